The minimum atomic E-state index is -5.15. The largest absolute Gasteiger partial charge is 0.756 e. The molecule has 39 heavy (non-hydrogen) atoms. The Hall–Kier alpha value is -4.04. The number of carbonyl (C=O) groups excluding carboxylic acids is 1. The van der Waals surface area contributed by atoms with Crippen LogP contribution in [-0.4, -0.2) is 52.3 Å². The van der Waals surface area contributed by atoms with Crippen molar-refractivity contribution < 1.29 is 42.3 Å². The van der Waals surface area contributed by atoms with Crippen molar-refractivity contribution >= 4 is 42.8 Å². The normalized spacial score (nSPS) is 15.6. The van der Waals surface area contributed by atoms with Gasteiger partial charge in [-0.15, -0.1) is 0 Å². The van der Waals surface area contributed by atoms with Crippen LogP contribution in [0.3, 0.4) is 0 Å². The SMILES string of the molecule is COc1cc(Nc2ncc(F)c(Nc3ccc4c(n3)N(COP(=O)([O-])O)C(=O)C(C)(C)O4)n2)cc(C)c1OC. The first-order valence-electron chi connectivity index (χ1n) is 11.3. The molecule has 2 aromatic heterocycles. The molecule has 1 aliphatic heterocycles. The Bertz CT molecular complexity index is 1470. The van der Waals surface area contributed by atoms with Gasteiger partial charge in [-0.3, -0.25) is 18.8 Å². The molecule has 16 heteroatoms. The minimum Gasteiger partial charge on any atom is -0.756 e. The van der Waals surface area contributed by atoms with Crippen molar-refractivity contribution in [2.75, 3.05) is 36.5 Å². The summed E-state index contributed by atoms with van der Waals surface area (Å²) in [5.74, 6) is -0.603. The van der Waals surface area contributed by atoms with Gasteiger partial charge in [0.1, 0.15) is 12.5 Å². The predicted octanol–water partition coefficient (Wildman–Crippen LogP) is 2.76. The Balaban J connectivity index is 1.62. The van der Waals surface area contributed by atoms with Gasteiger partial charge in [-0.1, -0.05) is 0 Å². The highest BCUT2D eigenvalue weighted by Crippen LogP contribution is 2.40. The number of carbonyl (C=O) groups is 1. The Labute approximate surface area is 222 Å². The molecule has 0 saturated heterocycles. The Morgan fingerprint density at radius 3 is 2.62 bits per heavy atom. The molecule has 0 aliphatic carbocycles. The number of halogens is 1. The van der Waals surface area contributed by atoms with Crippen molar-refractivity contribution in [3.8, 4) is 17.2 Å². The second kappa shape index (κ2) is 10.6. The average molecular weight is 563 g/mol. The Morgan fingerprint density at radius 2 is 1.95 bits per heavy atom. The van der Waals surface area contributed by atoms with Crippen LogP contribution in [0, 0.1) is 12.7 Å². The summed E-state index contributed by atoms with van der Waals surface area (Å²) in [5.41, 5.74) is -0.0407. The molecule has 208 valence electrons. The van der Waals surface area contributed by atoms with Gasteiger partial charge in [0.15, 0.2) is 40.3 Å². The van der Waals surface area contributed by atoms with Crippen LogP contribution in [-0.2, 0) is 13.9 Å². The van der Waals surface area contributed by atoms with E-state index in [2.05, 4.69) is 30.1 Å². The molecule has 1 amide bonds. The molecule has 0 radical (unpaired) electrons. The summed E-state index contributed by atoms with van der Waals surface area (Å²) in [6.45, 7) is 3.91. The van der Waals surface area contributed by atoms with Crippen molar-refractivity contribution in [3.63, 3.8) is 0 Å². The lowest BCUT2D eigenvalue weighted by Crippen LogP contribution is -2.53. The number of phosphoric acid groups is 1. The molecule has 1 atom stereocenters. The van der Waals surface area contributed by atoms with Crippen LogP contribution >= 0.6 is 7.82 Å². The highest BCUT2D eigenvalue weighted by Gasteiger charge is 2.42. The van der Waals surface area contributed by atoms with E-state index in [1.807, 2.05) is 6.92 Å². The summed E-state index contributed by atoms with van der Waals surface area (Å²) in [6.07, 6.45) is 0.950. The molecule has 0 bridgehead atoms. The van der Waals surface area contributed by atoms with Crippen LogP contribution in [0.1, 0.15) is 19.4 Å². The second-order valence-corrected chi connectivity index (χ2v) is 9.95. The number of rotatable bonds is 9. The van der Waals surface area contributed by atoms with E-state index < -0.39 is 31.9 Å². The number of aryl methyl sites for hydroxylation is 1. The number of hydrogen-bond donors (Lipinski definition) is 3. The molecule has 0 fully saturated rings. The lowest BCUT2D eigenvalue weighted by molar-refractivity contribution is -0.219. The third-order valence-electron chi connectivity index (χ3n) is 5.48. The van der Waals surface area contributed by atoms with Gasteiger partial charge in [0.2, 0.25) is 5.95 Å². The fourth-order valence-corrected chi connectivity index (χ4v) is 4.02. The first-order chi connectivity index (χ1) is 18.3. The molecular formula is C23H25FN6O8P-. The van der Waals surface area contributed by atoms with E-state index in [4.69, 9.17) is 19.1 Å². The summed E-state index contributed by atoms with van der Waals surface area (Å²) < 4.78 is 46.5. The molecule has 3 N–H and O–H groups in total. The topological polar surface area (TPSA) is 180 Å². The lowest BCUT2D eigenvalue weighted by atomic mass is 10.1. The van der Waals surface area contributed by atoms with E-state index in [-0.39, 0.29) is 29.2 Å². The van der Waals surface area contributed by atoms with Gasteiger partial charge in [0.25, 0.3) is 13.7 Å². The van der Waals surface area contributed by atoms with Gasteiger partial charge in [-0.25, -0.2) is 14.4 Å². The van der Waals surface area contributed by atoms with E-state index in [9.17, 15) is 18.6 Å². The standard InChI is InChI=1S/C23H26FN6O8P/c1-12-8-13(9-16(35-4)18(12)36-5)26-22-25-10-14(24)19(29-22)27-17-7-6-15-20(28-17)30(11-37-39(32,33)34)21(31)23(2,3)38-15/h6-10H,11H2,1-5H3,(H2,32,33,34)(H2,25,26,27,28,29)/p-1. The van der Waals surface area contributed by atoms with Gasteiger partial charge in [0, 0.05) is 11.8 Å². The zero-order chi connectivity index (χ0) is 28.5. The summed E-state index contributed by atoms with van der Waals surface area (Å²) in [4.78, 5) is 46.2. The molecule has 1 unspecified atom stereocenters. The van der Waals surface area contributed by atoms with Crippen molar-refractivity contribution in [2.45, 2.75) is 26.4 Å². The first kappa shape index (κ1) is 28.0. The third kappa shape index (κ3) is 6.17. The van der Waals surface area contributed by atoms with Gasteiger partial charge in [-0.2, -0.15) is 4.98 Å². The van der Waals surface area contributed by atoms with E-state index in [1.54, 1.807) is 12.1 Å². The average Bonchev–Trinajstić information content (AvgIpc) is 2.85. The smallest absolute Gasteiger partial charge is 0.273 e. The molecule has 0 spiro atoms. The molecule has 1 aromatic carbocycles. The van der Waals surface area contributed by atoms with E-state index in [0.29, 0.717) is 17.2 Å². The van der Waals surface area contributed by atoms with Crippen LogP contribution in [0.5, 0.6) is 17.2 Å². The zero-order valence-corrected chi connectivity index (χ0v) is 22.4. The number of fused-ring (bicyclic) bond motifs is 1. The highest BCUT2D eigenvalue weighted by atomic mass is 31.2. The van der Waals surface area contributed by atoms with Crippen molar-refractivity contribution in [2.24, 2.45) is 0 Å². The second-order valence-electron chi connectivity index (χ2n) is 8.76. The predicted molar refractivity (Wildman–Crippen MR) is 135 cm³/mol. The summed E-state index contributed by atoms with van der Waals surface area (Å²) in [5, 5.41) is 5.68. The summed E-state index contributed by atoms with van der Waals surface area (Å²) >= 11 is 0. The number of nitrogens with one attached hydrogen (secondary N) is 2. The fourth-order valence-electron chi connectivity index (χ4n) is 3.76. The number of methoxy groups -OCH3 is 2. The third-order valence-corrected chi connectivity index (χ3v) is 5.92. The van der Waals surface area contributed by atoms with Gasteiger partial charge >= 0.3 is 0 Å². The maximum atomic E-state index is 14.6. The fraction of sp³-hybridized carbons (Fsp3) is 0.304. The molecule has 1 aliphatic rings. The van der Waals surface area contributed by atoms with Crippen molar-refractivity contribution in [3.05, 3.63) is 41.8 Å². The quantitative estimate of drug-likeness (QED) is 0.324. The maximum absolute atomic E-state index is 14.6. The van der Waals surface area contributed by atoms with E-state index >= 15 is 0 Å². The summed E-state index contributed by atoms with van der Waals surface area (Å²) in [6, 6.07) is 6.33. The molecule has 14 nitrogen and oxygen atoms in total. The number of anilines is 5. The maximum Gasteiger partial charge on any atom is 0.273 e. The Kier molecular flexibility index (Phi) is 7.61. The van der Waals surface area contributed by atoms with Crippen LogP contribution in [0.25, 0.3) is 0 Å². The number of hydrogen-bond acceptors (Lipinski definition) is 12. The van der Waals surface area contributed by atoms with Gasteiger partial charge < -0.3 is 34.6 Å². The highest BCUT2D eigenvalue weighted by molar-refractivity contribution is 7.44. The van der Waals surface area contributed by atoms with Crippen LogP contribution in [0.2, 0.25) is 0 Å². The molecule has 3 aromatic rings. The number of ether oxygens (including phenoxy) is 3. The number of pyridine rings is 1. The molecule has 0 saturated carbocycles. The molecule has 3 heterocycles. The summed E-state index contributed by atoms with van der Waals surface area (Å²) in [7, 11) is -2.13. The first-order valence-corrected chi connectivity index (χ1v) is 12.8. The minimum absolute atomic E-state index is 0.0367. The van der Waals surface area contributed by atoms with Crippen LogP contribution in [0.4, 0.5) is 33.5 Å². The van der Waals surface area contributed by atoms with Crippen molar-refractivity contribution in [1.82, 2.24) is 15.0 Å². The number of phosphoric ester groups is 1. The van der Waals surface area contributed by atoms with Gasteiger partial charge in [0.05, 0.1) is 20.4 Å². The Morgan fingerprint density at radius 1 is 1.21 bits per heavy atom. The van der Waals surface area contributed by atoms with E-state index in [0.717, 1.165) is 16.7 Å². The zero-order valence-electron chi connectivity index (χ0n) is 21.5. The number of benzene rings is 1. The van der Waals surface area contributed by atoms with Crippen LogP contribution in [0.15, 0.2) is 30.5 Å². The van der Waals surface area contributed by atoms with Gasteiger partial charge in [-0.05, 0) is 44.5 Å². The van der Waals surface area contributed by atoms with Crippen LogP contribution < -0.4 is 34.6 Å². The number of aromatic nitrogens is 3. The molecule has 4 rings (SSSR count). The number of amides is 1. The van der Waals surface area contributed by atoms with Crippen molar-refractivity contribution in [1.29, 1.82) is 0 Å². The molecular weight excluding hydrogens is 538 g/mol. The monoisotopic (exact) mass is 563 g/mol. The number of nitrogens with zero attached hydrogens (tertiary/aromatic N) is 4. The lowest BCUT2D eigenvalue weighted by Gasteiger charge is -2.38. The van der Waals surface area contributed by atoms with E-state index in [1.165, 1.54) is 40.2 Å².